The monoisotopic (exact) mass is 459 g/mol. The minimum Gasteiger partial charge on any atom is -0.493 e. The fraction of sp³-hybridized carbons (Fsp3) is 0.185. The van der Waals surface area contributed by atoms with E-state index in [0.717, 1.165) is 38.5 Å². The molecule has 4 rings (SSSR count). The van der Waals surface area contributed by atoms with Crippen molar-refractivity contribution >= 4 is 29.2 Å². The fourth-order valence-corrected chi connectivity index (χ4v) is 4.15. The zero-order valence-corrected chi connectivity index (χ0v) is 19.7. The maximum absolute atomic E-state index is 12.1. The Labute approximate surface area is 198 Å². The quantitative estimate of drug-likeness (QED) is 0.386. The van der Waals surface area contributed by atoms with Gasteiger partial charge in [-0.25, -0.2) is 4.79 Å². The summed E-state index contributed by atoms with van der Waals surface area (Å²) in [7, 11) is 4.74. The molecule has 0 N–H and O–H groups in total. The van der Waals surface area contributed by atoms with E-state index in [1.54, 1.807) is 27.4 Å². The van der Waals surface area contributed by atoms with Crippen molar-refractivity contribution in [1.82, 2.24) is 0 Å². The molecule has 3 aromatic rings. The Kier molecular flexibility index (Phi) is 6.27. The van der Waals surface area contributed by atoms with E-state index in [2.05, 4.69) is 6.08 Å². The maximum Gasteiger partial charge on any atom is 0.330 e. The topological polar surface area (TPSA) is 74.3 Å². The SMILES string of the molecule is COc1cc(C=C2c3ccccc3-c3cc(N(OC(C)=O)C(C)=O)ccc32)cc(OC)c1OC. The highest BCUT2D eigenvalue weighted by molar-refractivity contribution is 6.07. The molecule has 0 heterocycles. The average Bonchev–Trinajstić information content (AvgIpc) is 3.14. The number of ether oxygens (including phenoxy) is 3. The number of anilines is 1. The van der Waals surface area contributed by atoms with Gasteiger partial charge in [-0.3, -0.25) is 4.79 Å². The normalized spacial score (nSPS) is 12.6. The molecule has 7 heteroatoms. The van der Waals surface area contributed by atoms with Crippen LogP contribution in [0.15, 0.2) is 54.6 Å². The van der Waals surface area contributed by atoms with Crippen LogP contribution in [-0.4, -0.2) is 33.2 Å². The molecule has 0 saturated heterocycles. The summed E-state index contributed by atoms with van der Waals surface area (Å²) in [6.07, 6.45) is 2.06. The molecule has 0 radical (unpaired) electrons. The van der Waals surface area contributed by atoms with Crippen LogP contribution in [0, 0.1) is 0 Å². The second-order valence-corrected chi connectivity index (χ2v) is 7.69. The molecule has 0 fully saturated rings. The van der Waals surface area contributed by atoms with Gasteiger partial charge in [0.15, 0.2) is 11.5 Å². The molecular weight excluding hydrogens is 434 g/mol. The third kappa shape index (κ3) is 4.08. The average molecular weight is 459 g/mol. The molecule has 3 aromatic carbocycles. The van der Waals surface area contributed by atoms with Crippen molar-refractivity contribution in [2.45, 2.75) is 13.8 Å². The Bertz CT molecular complexity index is 1290. The highest BCUT2D eigenvalue weighted by Gasteiger charge is 2.26. The molecule has 0 aromatic heterocycles. The van der Waals surface area contributed by atoms with Gasteiger partial charge in [-0.2, -0.15) is 0 Å². The highest BCUT2D eigenvalue weighted by atomic mass is 16.7. The minimum absolute atomic E-state index is 0.394. The summed E-state index contributed by atoms with van der Waals surface area (Å²) in [5, 5.41) is 1.01. The number of methoxy groups -OCH3 is 3. The van der Waals surface area contributed by atoms with Crippen molar-refractivity contribution in [3.63, 3.8) is 0 Å². The Morgan fingerprint density at radius 2 is 1.38 bits per heavy atom. The summed E-state index contributed by atoms with van der Waals surface area (Å²) in [5.41, 5.74) is 6.35. The second-order valence-electron chi connectivity index (χ2n) is 7.69. The molecule has 1 amide bonds. The molecule has 0 spiro atoms. The van der Waals surface area contributed by atoms with E-state index in [0.29, 0.717) is 22.9 Å². The van der Waals surface area contributed by atoms with Gasteiger partial charge in [0, 0.05) is 13.8 Å². The van der Waals surface area contributed by atoms with Gasteiger partial charge in [-0.15, -0.1) is 5.06 Å². The lowest BCUT2D eigenvalue weighted by Gasteiger charge is -2.19. The number of hydroxylamine groups is 1. The van der Waals surface area contributed by atoms with Crippen LogP contribution in [-0.2, 0) is 14.4 Å². The van der Waals surface area contributed by atoms with Gasteiger partial charge < -0.3 is 19.0 Å². The van der Waals surface area contributed by atoms with Crippen LogP contribution in [0.1, 0.15) is 30.5 Å². The second kappa shape index (κ2) is 9.31. The van der Waals surface area contributed by atoms with Crippen molar-refractivity contribution < 1.29 is 28.6 Å². The number of nitrogens with zero attached hydrogens (tertiary/aromatic N) is 1. The van der Waals surface area contributed by atoms with Gasteiger partial charge in [0.25, 0.3) is 5.91 Å². The van der Waals surface area contributed by atoms with Crippen LogP contribution >= 0.6 is 0 Å². The van der Waals surface area contributed by atoms with Crippen LogP contribution in [0.4, 0.5) is 5.69 Å². The van der Waals surface area contributed by atoms with E-state index in [1.807, 2.05) is 48.5 Å². The Morgan fingerprint density at radius 3 is 1.94 bits per heavy atom. The smallest absolute Gasteiger partial charge is 0.330 e. The molecule has 1 aliphatic rings. The van der Waals surface area contributed by atoms with Gasteiger partial charge in [0.2, 0.25) is 5.75 Å². The van der Waals surface area contributed by atoms with E-state index in [9.17, 15) is 9.59 Å². The zero-order valence-electron chi connectivity index (χ0n) is 19.7. The first-order valence-corrected chi connectivity index (χ1v) is 10.6. The highest BCUT2D eigenvalue weighted by Crippen LogP contribution is 2.47. The van der Waals surface area contributed by atoms with Crippen LogP contribution in [0.5, 0.6) is 17.2 Å². The molecule has 34 heavy (non-hydrogen) atoms. The molecule has 0 bridgehead atoms. The van der Waals surface area contributed by atoms with Gasteiger partial charge in [0.1, 0.15) is 0 Å². The van der Waals surface area contributed by atoms with E-state index < -0.39 is 11.9 Å². The van der Waals surface area contributed by atoms with Crippen molar-refractivity contribution in [2.24, 2.45) is 0 Å². The van der Waals surface area contributed by atoms with Gasteiger partial charge >= 0.3 is 5.97 Å². The number of benzene rings is 3. The minimum atomic E-state index is -0.570. The van der Waals surface area contributed by atoms with Gasteiger partial charge in [-0.05, 0) is 63.7 Å². The lowest BCUT2D eigenvalue weighted by Crippen LogP contribution is -2.30. The molecule has 174 valence electrons. The number of carbonyl (C=O) groups excluding carboxylic acids is 2. The molecule has 0 atom stereocenters. The number of hydrogen-bond acceptors (Lipinski definition) is 6. The standard InChI is InChI=1S/C27H25NO6/c1-16(29)28(34-17(2)30)19-10-11-22-23(20-8-6-7-9-21(20)24(22)15-19)12-18-13-25(31-3)27(33-5)26(14-18)32-4/h6-15H,1-5H3. The first kappa shape index (κ1) is 22.9. The number of carbonyl (C=O) groups is 2. The summed E-state index contributed by atoms with van der Waals surface area (Å²) in [4.78, 5) is 28.8. The fourth-order valence-electron chi connectivity index (χ4n) is 4.15. The largest absolute Gasteiger partial charge is 0.493 e. The predicted octanol–water partition coefficient (Wildman–Crippen LogP) is 5.11. The Balaban J connectivity index is 1.87. The molecule has 0 saturated carbocycles. The van der Waals surface area contributed by atoms with Crippen LogP contribution in [0.25, 0.3) is 22.8 Å². The number of amides is 1. The van der Waals surface area contributed by atoms with Crippen molar-refractivity contribution in [2.75, 3.05) is 26.4 Å². The summed E-state index contributed by atoms with van der Waals surface area (Å²) in [6, 6.07) is 17.3. The summed E-state index contributed by atoms with van der Waals surface area (Å²) in [6.45, 7) is 2.61. The molecule has 1 aliphatic carbocycles. The Hall–Kier alpha value is -4.26. The molecule has 0 unspecified atom stereocenters. The van der Waals surface area contributed by atoms with Crippen LogP contribution in [0.2, 0.25) is 0 Å². The van der Waals surface area contributed by atoms with Crippen molar-refractivity contribution in [3.05, 3.63) is 71.3 Å². The van der Waals surface area contributed by atoms with Crippen LogP contribution < -0.4 is 19.3 Å². The van der Waals surface area contributed by atoms with E-state index in [1.165, 1.54) is 13.8 Å². The van der Waals surface area contributed by atoms with Gasteiger partial charge in [0.05, 0.1) is 27.0 Å². The van der Waals surface area contributed by atoms with Crippen molar-refractivity contribution in [1.29, 1.82) is 0 Å². The van der Waals surface area contributed by atoms with Crippen LogP contribution in [0.3, 0.4) is 0 Å². The molecular formula is C27H25NO6. The molecule has 7 nitrogen and oxygen atoms in total. The Morgan fingerprint density at radius 1 is 0.765 bits per heavy atom. The summed E-state index contributed by atoms with van der Waals surface area (Å²) in [5.74, 6) is 0.690. The van der Waals surface area contributed by atoms with E-state index in [-0.39, 0.29) is 0 Å². The van der Waals surface area contributed by atoms with Crippen molar-refractivity contribution in [3.8, 4) is 28.4 Å². The summed E-state index contributed by atoms with van der Waals surface area (Å²) < 4.78 is 16.5. The number of rotatable bonds is 5. The van der Waals surface area contributed by atoms with E-state index >= 15 is 0 Å². The first-order chi connectivity index (χ1) is 16.4. The third-order valence-electron chi connectivity index (χ3n) is 5.54. The predicted molar refractivity (Wildman–Crippen MR) is 130 cm³/mol. The number of hydrogen-bond donors (Lipinski definition) is 0. The van der Waals surface area contributed by atoms with E-state index in [4.69, 9.17) is 19.0 Å². The zero-order chi connectivity index (χ0) is 24.4. The lowest BCUT2D eigenvalue weighted by atomic mass is 10.0. The van der Waals surface area contributed by atoms with Gasteiger partial charge in [-0.1, -0.05) is 30.3 Å². The third-order valence-corrected chi connectivity index (χ3v) is 5.54. The first-order valence-electron chi connectivity index (χ1n) is 10.6. The maximum atomic E-state index is 12.1. The number of fused-ring (bicyclic) bond motifs is 3. The molecule has 0 aliphatic heterocycles. The summed E-state index contributed by atoms with van der Waals surface area (Å²) >= 11 is 0. The lowest BCUT2D eigenvalue weighted by molar-refractivity contribution is -0.147.